The number of aryl methyl sites for hydroxylation is 1. The Balaban J connectivity index is 1.43. The Morgan fingerprint density at radius 2 is 1.90 bits per heavy atom. The standard InChI is InChI=1S/C22H25N3O3S/c1-3-27-19-13-11-18(12-14-19)21-24-25-22(28-21)29-15-20(26)23-16(2)9-10-17-7-5-4-6-8-17/h4-8,11-14,16H,3,9-10,15H2,1-2H3,(H,23,26)/t16-/m1/s1. The van der Waals surface area contributed by atoms with Crippen molar-refractivity contribution in [3.05, 3.63) is 60.2 Å². The first-order valence-corrected chi connectivity index (χ1v) is 10.7. The van der Waals surface area contributed by atoms with Crippen LogP contribution >= 0.6 is 11.8 Å². The smallest absolute Gasteiger partial charge is 0.277 e. The molecule has 0 radical (unpaired) electrons. The topological polar surface area (TPSA) is 77.2 Å². The summed E-state index contributed by atoms with van der Waals surface area (Å²) in [5, 5.41) is 11.5. The molecule has 2 aromatic carbocycles. The van der Waals surface area contributed by atoms with Crippen molar-refractivity contribution in [3.8, 4) is 17.2 Å². The highest BCUT2D eigenvalue weighted by atomic mass is 32.2. The van der Waals surface area contributed by atoms with Gasteiger partial charge in [-0.1, -0.05) is 42.1 Å². The minimum atomic E-state index is -0.0450. The Bertz CT molecular complexity index is 897. The molecule has 0 bridgehead atoms. The van der Waals surface area contributed by atoms with Crippen molar-refractivity contribution in [2.75, 3.05) is 12.4 Å². The zero-order chi connectivity index (χ0) is 20.5. The third kappa shape index (κ3) is 6.64. The quantitative estimate of drug-likeness (QED) is 0.499. The van der Waals surface area contributed by atoms with Crippen LogP contribution in [0.2, 0.25) is 0 Å². The zero-order valence-corrected chi connectivity index (χ0v) is 17.4. The highest BCUT2D eigenvalue weighted by molar-refractivity contribution is 7.99. The number of aromatic nitrogens is 2. The first kappa shape index (κ1) is 20.9. The molecule has 1 amide bonds. The number of benzene rings is 2. The maximum absolute atomic E-state index is 12.2. The van der Waals surface area contributed by atoms with E-state index in [1.807, 2.05) is 56.3 Å². The van der Waals surface area contributed by atoms with Gasteiger partial charge in [0, 0.05) is 11.6 Å². The highest BCUT2D eigenvalue weighted by Gasteiger charge is 2.13. The number of nitrogens with one attached hydrogen (secondary N) is 1. The maximum atomic E-state index is 12.2. The van der Waals surface area contributed by atoms with Gasteiger partial charge in [-0.2, -0.15) is 0 Å². The first-order valence-electron chi connectivity index (χ1n) is 9.67. The summed E-state index contributed by atoms with van der Waals surface area (Å²) in [5.41, 5.74) is 2.09. The van der Waals surface area contributed by atoms with E-state index in [1.165, 1.54) is 17.3 Å². The van der Waals surface area contributed by atoms with E-state index >= 15 is 0 Å². The monoisotopic (exact) mass is 411 g/mol. The van der Waals surface area contributed by atoms with Gasteiger partial charge in [-0.05, 0) is 56.5 Å². The van der Waals surface area contributed by atoms with Gasteiger partial charge in [0.25, 0.3) is 5.22 Å². The van der Waals surface area contributed by atoms with Crippen molar-refractivity contribution in [2.24, 2.45) is 0 Å². The molecule has 0 fully saturated rings. The fourth-order valence-electron chi connectivity index (χ4n) is 2.79. The minimum Gasteiger partial charge on any atom is -0.494 e. The minimum absolute atomic E-state index is 0.0450. The molecule has 0 saturated carbocycles. The van der Waals surface area contributed by atoms with Crippen molar-refractivity contribution < 1.29 is 13.9 Å². The molecule has 3 aromatic rings. The summed E-state index contributed by atoms with van der Waals surface area (Å²) in [5.74, 6) is 1.41. The average molecular weight is 412 g/mol. The summed E-state index contributed by atoms with van der Waals surface area (Å²) in [6.45, 7) is 4.57. The maximum Gasteiger partial charge on any atom is 0.277 e. The van der Waals surface area contributed by atoms with Crippen molar-refractivity contribution >= 4 is 17.7 Å². The molecular formula is C22H25N3O3S. The van der Waals surface area contributed by atoms with Gasteiger partial charge >= 0.3 is 0 Å². The van der Waals surface area contributed by atoms with Gasteiger partial charge in [0.05, 0.1) is 12.4 Å². The zero-order valence-electron chi connectivity index (χ0n) is 16.6. The average Bonchev–Trinajstić information content (AvgIpc) is 3.21. The molecule has 29 heavy (non-hydrogen) atoms. The van der Waals surface area contributed by atoms with E-state index in [0.29, 0.717) is 17.7 Å². The Kier molecular flexibility index (Phi) is 7.69. The number of thioether (sulfide) groups is 1. The molecule has 0 aliphatic heterocycles. The van der Waals surface area contributed by atoms with Gasteiger partial charge in [-0.15, -0.1) is 10.2 Å². The van der Waals surface area contributed by atoms with Crippen LogP contribution in [0, 0.1) is 0 Å². The second-order valence-corrected chi connectivity index (χ2v) is 7.54. The van der Waals surface area contributed by atoms with Crippen molar-refractivity contribution in [3.63, 3.8) is 0 Å². The summed E-state index contributed by atoms with van der Waals surface area (Å²) in [4.78, 5) is 12.2. The molecule has 1 N–H and O–H groups in total. The normalized spacial score (nSPS) is 11.8. The number of ether oxygens (including phenoxy) is 1. The van der Waals surface area contributed by atoms with Gasteiger partial charge in [0.1, 0.15) is 5.75 Å². The van der Waals surface area contributed by atoms with E-state index in [2.05, 4.69) is 27.6 Å². The van der Waals surface area contributed by atoms with Gasteiger partial charge in [-0.25, -0.2) is 0 Å². The van der Waals surface area contributed by atoms with Crippen LogP contribution in [0.15, 0.2) is 64.2 Å². The lowest BCUT2D eigenvalue weighted by molar-refractivity contribution is -0.119. The molecule has 7 heteroatoms. The van der Waals surface area contributed by atoms with Crippen molar-refractivity contribution in [2.45, 2.75) is 38.0 Å². The fraction of sp³-hybridized carbons (Fsp3) is 0.318. The first-order chi connectivity index (χ1) is 14.1. The van der Waals surface area contributed by atoms with Crippen LogP contribution in [0.1, 0.15) is 25.8 Å². The van der Waals surface area contributed by atoms with Crippen molar-refractivity contribution in [1.29, 1.82) is 0 Å². The third-order valence-electron chi connectivity index (χ3n) is 4.26. The molecule has 0 unspecified atom stereocenters. The van der Waals surface area contributed by atoms with Gasteiger partial charge < -0.3 is 14.5 Å². The Morgan fingerprint density at radius 1 is 1.14 bits per heavy atom. The van der Waals surface area contributed by atoms with Crippen LogP contribution in [0.3, 0.4) is 0 Å². The number of carbonyl (C=O) groups excluding carboxylic acids is 1. The predicted molar refractivity (Wildman–Crippen MR) is 114 cm³/mol. The SMILES string of the molecule is CCOc1ccc(-c2nnc(SCC(=O)N[C@H](C)CCc3ccccc3)o2)cc1. The van der Waals surface area contributed by atoms with Crippen LogP contribution in [0.5, 0.6) is 5.75 Å². The van der Waals surface area contributed by atoms with Gasteiger partial charge in [0.15, 0.2) is 0 Å². The molecule has 3 rings (SSSR count). The van der Waals surface area contributed by atoms with Crippen LogP contribution < -0.4 is 10.1 Å². The molecule has 0 saturated heterocycles. The lowest BCUT2D eigenvalue weighted by Gasteiger charge is -2.13. The van der Waals surface area contributed by atoms with E-state index in [9.17, 15) is 4.79 Å². The molecule has 0 aliphatic carbocycles. The third-order valence-corrected chi connectivity index (χ3v) is 5.08. The lowest BCUT2D eigenvalue weighted by Crippen LogP contribution is -2.34. The molecule has 1 aromatic heterocycles. The molecule has 1 atom stereocenters. The summed E-state index contributed by atoms with van der Waals surface area (Å²) < 4.78 is 11.1. The second kappa shape index (κ2) is 10.7. The van der Waals surface area contributed by atoms with E-state index < -0.39 is 0 Å². The van der Waals surface area contributed by atoms with Crippen LogP contribution in [-0.2, 0) is 11.2 Å². The highest BCUT2D eigenvalue weighted by Crippen LogP contribution is 2.24. The van der Waals surface area contributed by atoms with Crippen LogP contribution in [-0.4, -0.2) is 34.5 Å². The molecule has 1 heterocycles. The van der Waals surface area contributed by atoms with E-state index in [-0.39, 0.29) is 17.7 Å². The summed E-state index contributed by atoms with van der Waals surface area (Å²) >= 11 is 1.23. The number of hydrogen-bond acceptors (Lipinski definition) is 6. The molecule has 0 aliphatic rings. The Labute approximate surface area is 175 Å². The number of rotatable bonds is 10. The predicted octanol–water partition coefficient (Wildman–Crippen LogP) is 4.36. The summed E-state index contributed by atoms with van der Waals surface area (Å²) in [6.07, 6.45) is 1.83. The van der Waals surface area contributed by atoms with Crippen LogP contribution in [0.4, 0.5) is 0 Å². The molecule has 6 nitrogen and oxygen atoms in total. The summed E-state index contributed by atoms with van der Waals surface area (Å²) in [6, 6.07) is 17.8. The summed E-state index contributed by atoms with van der Waals surface area (Å²) in [7, 11) is 0. The largest absolute Gasteiger partial charge is 0.494 e. The van der Waals surface area contributed by atoms with Crippen molar-refractivity contribution in [1.82, 2.24) is 15.5 Å². The van der Waals surface area contributed by atoms with E-state index in [4.69, 9.17) is 9.15 Å². The number of nitrogens with zero attached hydrogens (tertiary/aromatic N) is 2. The molecular weight excluding hydrogens is 386 g/mol. The number of hydrogen-bond donors (Lipinski definition) is 1. The molecule has 0 spiro atoms. The van der Waals surface area contributed by atoms with E-state index in [1.54, 1.807) is 0 Å². The fourth-order valence-corrected chi connectivity index (χ4v) is 3.36. The molecule has 152 valence electrons. The second-order valence-electron chi connectivity index (χ2n) is 6.61. The lowest BCUT2D eigenvalue weighted by atomic mass is 10.1. The Morgan fingerprint density at radius 3 is 2.62 bits per heavy atom. The van der Waals surface area contributed by atoms with Gasteiger partial charge in [0.2, 0.25) is 11.8 Å². The number of carbonyl (C=O) groups is 1. The van der Waals surface area contributed by atoms with Gasteiger partial charge in [-0.3, -0.25) is 4.79 Å². The number of amides is 1. The Hall–Kier alpha value is -2.80. The van der Waals surface area contributed by atoms with E-state index in [0.717, 1.165) is 24.2 Å². The van der Waals surface area contributed by atoms with Crippen LogP contribution in [0.25, 0.3) is 11.5 Å².